The molecule has 0 aromatic rings. The van der Waals surface area contributed by atoms with Gasteiger partial charge in [0, 0.05) is 12.6 Å². The van der Waals surface area contributed by atoms with Crippen LogP contribution in [0, 0.1) is 0 Å². The highest BCUT2D eigenvalue weighted by molar-refractivity contribution is 5.16. The summed E-state index contributed by atoms with van der Waals surface area (Å²) >= 11 is 0. The molecule has 2 rings (SSSR count). The highest BCUT2D eigenvalue weighted by atomic mass is 16.4. The minimum Gasteiger partial charge on any atom is -0.393 e. The summed E-state index contributed by atoms with van der Waals surface area (Å²) in [5.41, 5.74) is -3.15. The fourth-order valence-electron chi connectivity index (χ4n) is 2.78. The lowest BCUT2D eigenvalue weighted by molar-refractivity contribution is -0.170. The van der Waals surface area contributed by atoms with E-state index in [1.807, 2.05) is 4.90 Å². The molecule has 0 amide bonds. The maximum atomic E-state index is 10.2. The summed E-state index contributed by atoms with van der Waals surface area (Å²) in [6.45, 7) is 0.0306. The predicted molar refractivity (Wildman–Crippen MR) is 48.7 cm³/mol. The molecule has 2 aliphatic rings. The first-order valence-electron chi connectivity index (χ1n) is 4.98. The van der Waals surface area contributed by atoms with Gasteiger partial charge < -0.3 is 20.4 Å². The molecular formula is C9H17NO4. The molecule has 4 N–H and O–H groups in total. The van der Waals surface area contributed by atoms with Gasteiger partial charge in [-0.05, 0) is 19.4 Å². The van der Waals surface area contributed by atoms with Gasteiger partial charge in [0.2, 0.25) is 0 Å². The zero-order valence-corrected chi connectivity index (χ0v) is 8.06. The molecule has 5 heteroatoms. The van der Waals surface area contributed by atoms with Crippen LogP contribution in [0.5, 0.6) is 0 Å². The summed E-state index contributed by atoms with van der Waals surface area (Å²) < 4.78 is 0. The molecule has 2 fully saturated rings. The van der Waals surface area contributed by atoms with Gasteiger partial charge >= 0.3 is 0 Å². The maximum absolute atomic E-state index is 10.2. The van der Waals surface area contributed by atoms with Gasteiger partial charge in [0.15, 0.2) is 0 Å². The van der Waals surface area contributed by atoms with E-state index in [4.69, 9.17) is 5.11 Å². The first-order chi connectivity index (χ1) is 6.57. The van der Waals surface area contributed by atoms with Crippen molar-refractivity contribution < 1.29 is 20.4 Å². The number of fused-ring (bicyclic) bond motifs is 1. The zero-order valence-electron chi connectivity index (χ0n) is 8.06. The van der Waals surface area contributed by atoms with Crippen LogP contribution in [-0.2, 0) is 0 Å². The van der Waals surface area contributed by atoms with Gasteiger partial charge in [0.1, 0.15) is 11.2 Å². The molecule has 0 aliphatic carbocycles. The van der Waals surface area contributed by atoms with Gasteiger partial charge in [-0.15, -0.1) is 0 Å². The molecule has 82 valence electrons. The quantitative estimate of drug-likeness (QED) is 0.413. The lowest BCUT2D eigenvalue weighted by atomic mass is 9.81. The zero-order chi connectivity index (χ0) is 10.4. The molecule has 0 aromatic carbocycles. The van der Waals surface area contributed by atoms with E-state index in [-0.39, 0.29) is 12.6 Å². The molecule has 0 bridgehead atoms. The van der Waals surface area contributed by atoms with E-state index in [1.54, 1.807) is 0 Å². The second-order valence-corrected chi connectivity index (χ2v) is 4.40. The average Bonchev–Trinajstić information content (AvgIpc) is 2.70. The highest BCUT2D eigenvalue weighted by Gasteiger charge is 2.62. The van der Waals surface area contributed by atoms with E-state index in [9.17, 15) is 15.3 Å². The maximum Gasteiger partial charge on any atom is 0.135 e. The molecule has 14 heavy (non-hydrogen) atoms. The third kappa shape index (κ3) is 1.07. The Balaban J connectivity index is 2.31. The molecule has 3 atom stereocenters. The van der Waals surface area contributed by atoms with Crippen LogP contribution in [-0.4, -0.2) is 68.9 Å². The molecule has 0 spiro atoms. The van der Waals surface area contributed by atoms with Gasteiger partial charge in [-0.3, -0.25) is 4.90 Å². The van der Waals surface area contributed by atoms with Crippen molar-refractivity contribution in [3.63, 3.8) is 0 Å². The van der Waals surface area contributed by atoms with Crippen LogP contribution in [0.25, 0.3) is 0 Å². The van der Waals surface area contributed by atoms with Gasteiger partial charge in [0.05, 0.1) is 13.2 Å². The van der Waals surface area contributed by atoms with E-state index in [0.717, 1.165) is 19.4 Å². The van der Waals surface area contributed by atoms with Crippen molar-refractivity contribution in [1.82, 2.24) is 4.90 Å². The van der Waals surface area contributed by atoms with E-state index in [0.29, 0.717) is 0 Å². The van der Waals surface area contributed by atoms with Crippen molar-refractivity contribution in [3.05, 3.63) is 0 Å². The van der Waals surface area contributed by atoms with E-state index >= 15 is 0 Å². The van der Waals surface area contributed by atoms with Gasteiger partial charge in [-0.1, -0.05) is 0 Å². The van der Waals surface area contributed by atoms with Crippen LogP contribution in [0.4, 0.5) is 0 Å². The Labute approximate surface area is 82.6 Å². The molecule has 3 unspecified atom stereocenters. The number of aliphatic hydroxyl groups is 4. The van der Waals surface area contributed by atoms with Gasteiger partial charge in [-0.25, -0.2) is 0 Å². The SMILES string of the molecule is OCC1(O)CN2CCCC2C1(O)CO. The normalized spacial score (nSPS) is 48.4. The molecule has 5 nitrogen and oxygen atoms in total. The fraction of sp³-hybridized carbons (Fsp3) is 1.00. The second kappa shape index (κ2) is 3.15. The predicted octanol–water partition coefficient (Wildman–Crippen LogP) is -2.09. The van der Waals surface area contributed by atoms with E-state index in [2.05, 4.69) is 0 Å². The summed E-state index contributed by atoms with van der Waals surface area (Å²) in [7, 11) is 0. The molecule has 2 saturated heterocycles. The van der Waals surface area contributed by atoms with Crippen molar-refractivity contribution in [2.24, 2.45) is 0 Å². The number of nitrogens with zero attached hydrogens (tertiary/aromatic N) is 1. The van der Waals surface area contributed by atoms with Crippen LogP contribution in [0.1, 0.15) is 12.8 Å². The molecule has 2 heterocycles. The van der Waals surface area contributed by atoms with E-state index < -0.39 is 24.4 Å². The van der Waals surface area contributed by atoms with Crippen molar-refractivity contribution in [1.29, 1.82) is 0 Å². The molecule has 0 saturated carbocycles. The van der Waals surface area contributed by atoms with Crippen LogP contribution in [0.3, 0.4) is 0 Å². The third-order valence-electron chi connectivity index (χ3n) is 3.69. The molecule has 2 aliphatic heterocycles. The smallest absolute Gasteiger partial charge is 0.135 e. The Hall–Kier alpha value is -0.200. The van der Waals surface area contributed by atoms with Crippen LogP contribution in [0.15, 0.2) is 0 Å². The number of hydrogen-bond acceptors (Lipinski definition) is 5. The Morgan fingerprint density at radius 2 is 1.93 bits per heavy atom. The minimum atomic E-state index is -1.58. The summed E-state index contributed by atoms with van der Waals surface area (Å²) in [6.07, 6.45) is 1.73. The topological polar surface area (TPSA) is 84.2 Å². The number of aliphatic hydroxyl groups excluding tert-OH is 2. The van der Waals surface area contributed by atoms with Crippen molar-refractivity contribution >= 4 is 0 Å². The van der Waals surface area contributed by atoms with Gasteiger partial charge in [-0.2, -0.15) is 0 Å². The van der Waals surface area contributed by atoms with E-state index in [1.165, 1.54) is 0 Å². The lowest BCUT2D eigenvalue weighted by Gasteiger charge is -2.37. The first kappa shape index (κ1) is 10.3. The highest BCUT2D eigenvalue weighted by Crippen LogP contribution is 2.41. The Bertz CT molecular complexity index is 237. The van der Waals surface area contributed by atoms with Crippen LogP contribution >= 0.6 is 0 Å². The minimum absolute atomic E-state index is 0.218. The van der Waals surface area contributed by atoms with Crippen LogP contribution in [0.2, 0.25) is 0 Å². The summed E-state index contributed by atoms with van der Waals surface area (Å²) in [5.74, 6) is 0. The average molecular weight is 203 g/mol. The van der Waals surface area contributed by atoms with Crippen molar-refractivity contribution in [2.75, 3.05) is 26.3 Å². The standard InChI is InChI=1S/C9H17NO4/c11-5-8(13)4-10-3-1-2-7(10)9(8,14)6-12/h7,11-14H,1-6H2. The lowest BCUT2D eigenvalue weighted by Crippen LogP contribution is -2.61. The molecule has 0 aromatic heterocycles. The fourth-order valence-corrected chi connectivity index (χ4v) is 2.78. The number of hydrogen-bond donors (Lipinski definition) is 4. The first-order valence-corrected chi connectivity index (χ1v) is 4.98. The summed E-state index contributed by atoms with van der Waals surface area (Å²) in [5, 5.41) is 38.5. The Morgan fingerprint density at radius 1 is 1.21 bits per heavy atom. The molecular weight excluding hydrogens is 186 g/mol. The van der Waals surface area contributed by atoms with Crippen molar-refractivity contribution in [2.45, 2.75) is 30.1 Å². The van der Waals surface area contributed by atoms with Gasteiger partial charge in [0.25, 0.3) is 0 Å². The Morgan fingerprint density at radius 3 is 2.50 bits per heavy atom. The summed E-state index contributed by atoms with van der Waals surface area (Å²) in [4.78, 5) is 1.94. The monoisotopic (exact) mass is 203 g/mol. The Kier molecular flexibility index (Phi) is 2.32. The second-order valence-electron chi connectivity index (χ2n) is 4.40. The van der Waals surface area contributed by atoms with Crippen LogP contribution < -0.4 is 0 Å². The number of rotatable bonds is 2. The third-order valence-corrected chi connectivity index (χ3v) is 3.69. The van der Waals surface area contributed by atoms with Crippen molar-refractivity contribution in [3.8, 4) is 0 Å². The largest absolute Gasteiger partial charge is 0.393 e. The summed E-state index contributed by atoms with van der Waals surface area (Å²) in [6, 6.07) is -0.218. The molecule has 0 radical (unpaired) electrons.